The van der Waals surface area contributed by atoms with Gasteiger partial charge in [0.1, 0.15) is 29.9 Å². The molecular formula is C39H58O5. The highest BCUT2D eigenvalue weighted by Gasteiger charge is 2.21. The van der Waals surface area contributed by atoms with Crippen molar-refractivity contribution in [2.75, 3.05) is 19.8 Å². The minimum atomic E-state index is -0.525. The molecule has 0 aliphatic rings. The Hall–Kier alpha value is -3.21. The van der Waals surface area contributed by atoms with Gasteiger partial charge in [0.25, 0.3) is 0 Å². The van der Waals surface area contributed by atoms with Gasteiger partial charge in [-0.1, -0.05) is 92.4 Å². The molecule has 1 aromatic carbocycles. The fourth-order valence-electron chi connectivity index (χ4n) is 4.89. The predicted molar refractivity (Wildman–Crippen MR) is 186 cm³/mol. The first-order valence-electron chi connectivity index (χ1n) is 16.8. The summed E-state index contributed by atoms with van der Waals surface area (Å²) in [5.74, 6) is 1.13. The summed E-state index contributed by atoms with van der Waals surface area (Å²) in [5, 5.41) is 0.629. The van der Waals surface area contributed by atoms with Gasteiger partial charge in [-0.15, -0.1) is 0 Å². The Bertz CT molecular complexity index is 1300. The summed E-state index contributed by atoms with van der Waals surface area (Å²) in [6.07, 6.45) is 22.2. The molecule has 44 heavy (non-hydrogen) atoms. The molecule has 0 radical (unpaired) electrons. The summed E-state index contributed by atoms with van der Waals surface area (Å²) in [6.45, 7) is 16.1. The number of fused-ring (bicyclic) bond motifs is 1. The fourth-order valence-corrected chi connectivity index (χ4v) is 4.89. The van der Waals surface area contributed by atoms with E-state index in [0.717, 1.165) is 38.5 Å². The third-order valence-corrected chi connectivity index (χ3v) is 7.57. The molecule has 1 aromatic heterocycles. The van der Waals surface area contributed by atoms with Crippen LogP contribution < -0.4 is 19.8 Å². The second-order valence-corrected chi connectivity index (χ2v) is 12.4. The molecule has 0 aliphatic carbocycles. The lowest BCUT2D eigenvalue weighted by Gasteiger charge is -2.16. The van der Waals surface area contributed by atoms with E-state index in [9.17, 15) is 4.79 Å². The van der Waals surface area contributed by atoms with Crippen LogP contribution in [0.3, 0.4) is 0 Å². The van der Waals surface area contributed by atoms with Gasteiger partial charge in [-0.25, -0.2) is 4.79 Å². The van der Waals surface area contributed by atoms with Crippen molar-refractivity contribution < 1.29 is 18.6 Å². The largest absolute Gasteiger partial charge is 0.489 e. The van der Waals surface area contributed by atoms with Crippen LogP contribution in [0, 0.1) is 0 Å². The normalized spacial score (nSPS) is 11.9. The third kappa shape index (κ3) is 14.5. The molecular weight excluding hydrogens is 548 g/mol. The van der Waals surface area contributed by atoms with Gasteiger partial charge in [0, 0.05) is 0 Å². The van der Waals surface area contributed by atoms with Gasteiger partial charge in [0.15, 0.2) is 5.75 Å². The van der Waals surface area contributed by atoms with Crippen LogP contribution in [0.2, 0.25) is 0 Å². The number of hydrogen-bond donors (Lipinski definition) is 0. The molecule has 0 spiro atoms. The molecule has 0 bridgehead atoms. The Balaban J connectivity index is 2.24. The third-order valence-electron chi connectivity index (χ3n) is 7.57. The maximum atomic E-state index is 13.1. The first-order chi connectivity index (χ1) is 21.2. The number of hydrogen-bond acceptors (Lipinski definition) is 5. The van der Waals surface area contributed by atoms with E-state index >= 15 is 0 Å². The zero-order valence-electron chi connectivity index (χ0n) is 28.7. The van der Waals surface area contributed by atoms with Crippen LogP contribution in [0.1, 0.15) is 126 Å². The molecule has 0 amide bonds. The van der Waals surface area contributed by atoms with E-state index in [-0.39, 0.29) is 5.75 Å². The molecule has 244 valence electrons. The minimum Gasteiger partial charge on any atom is -0.489 e. The SMILES string of the molecule is CCCCCCCCCCOc1c(OC/C=C(\C)CCC=C(C)C)c2c(OC/C=C(\C)CCC=C(C)C)cccc2oc1=O. The molecule has 1 heterocycles. The van der Waals surface area contributed by atoms with Gasteiger partial charge in [0.2, 0.25) is 5.75 Å². The molecule has 0 atom stereocenters. The van der Waals surface area contributed by atoms with Gasteiger partial charge in [-0.05, 0) is 97.9 Å². The van der Waals surface area contributed by atoms with Crippen LogP contribution in [-0.4, -0.2) is 19.8 Å². The van der Waals surface area contributed by atoms with E-state index in [1.165, 1.54) is 60.8 Å². The second kappa shape index (κ2) is 21.5. The molecule has 2 aromatic rings. The van der Waals surface area contributed by atoms with Crippen molar-refractivity contribution in [3.05, 3.63) is 75.2 Å². The zero-order valence-corrected chi connectivity index (χ0v) is 28.7. The van der Waals surface area contributed by atoms with Crippen molar-refractivity contribution in [1.29, 1.82) is 0 Å². The van der Waals surface area contributed by atoms with Crippen LogP contribution >= 0.6 is 0 Å². The van der Waals surface area contributed by atoms with E-state index in [1.807, 2.05) is 12.1 Å². The smallest absolute Gasteiger partial charge is 0.383 e. The van der Waals surface area contributed by atoms with E-state index in [0.29, 0.717) is 42.3 Å². The van der Waals surface area contributed by atoms with Crippen LogP contribution in [0.4, 0.5) is 0 Å². The van der Waals surface area contributed by atoms with E-state index in [1.54, 1.807) is 6.07 Å². The lowest BCUT2D eigenvalue weighted by molar-refractivity contribution is 0.263. The van der Waals surface area contributed by atoms with Crippen LogP contribution in [0.15, 0.2) is 74.0 Å². The standard InChI is InChI=1S/C39H58O5/c1-8-9-10-11-12-13-14-15-27-42-38-37(43-29-26-33(7)22-17-20-31(4)5)36-34(23-18-24-35(36)44-39(38)40)41-28-25-32(6)21-16-19-30(2)3/h18-20,23-26H,8-17,21-22,27-29H2,1-7H3/b32-25+,33-26+. The highest BCUT2D eigenvalue weighted by atomic mass is 16.5. The average molecular weight is 607 g/mol. The van der Waals surface area contributed by atoms with Crippen molar-refractivity contribution in [3.63, 3.8) is 0 Å². The van der Waals surface area contributed by atoms with E-state index in [4.69, 9.17) is 18.6 Å². The number of allylic oxidation sites excluding steroid dienone is 6. The number of rotatable bonds is 22. The summed E-state index contributed by atoms with van der Waals surface area (Å²) in [6, 6.07) is 5.51. The average Bonchev–Trinajstić information content (AvgIpc) is 2.96. The molecule has 0 N–H and O–H groups in total. The highest BCUT2D eigenvalue weighted by Crippen LogP contribution is 2.39. The van der Waals surface area contributed by atoms with E-state index < -0.39 is 5.63 Å². The predicted octanol–water partition coefficient (Wildman–Crippen LogP) is 11.5. The molecule has 0 saturated carbocycles. The Kier molecular flexibility index (Phi) is 18.1. The Morgan fingerprint density at radius 2 is 1.25 bits per heavy atom. The lowest BCUT2D eigenvalue weighted by atomic mass is 10.1. The molecule has 5 nitrogen and oxygen atoms in total. The fraction of sp³-hybridized carbons (Fsp3) is 0.564. The van der Waals surface area contributed by atoms with Gasteiger partial charge < -0.3 is 18.6 Å². The van der Waals surface area contributed by atoms with Crippen molar-refractivity contribution in [1.82, 2.24) is 0 Å². The Morgan fingerprint density at radius 1 is 0.682 bits per heavy atom. The van der Waals surface area contributed by atoms with Crippen molar-refractivity contribution in [2.24, 2.45) is 0 Å². The Morgan fingerprint density at radius 3 is 1.84 bits per heavy atom. The summed E-state index contributed by atoms with van der Waals surface area (Å²) in [5.41, 5.74) is 5.06. The van der Waals surface area contributed by atoms with Gasteiger partial charge in [0.05, 0.1) is 6.61 Å². The number of benzene rings is 1. The summed E-state index contributed by atoms with van der Waals surface area (Å²) in [7, 11) is 0. The van der Waals surface area contributed by atoms with Crippen LogP contribution in [0.5, 0.6) is 17.2 Å². The van der Waals surface area contributed by atoms with Crippen molar-refractivity contribution in [2.45, 2.75) is 126 Å². The molecule has 5 heteroatoms. The zero-order chi connectivity index (χ0) is 32.2. The maximum Gasteiger partial charge on any atom is 0.383 e. The summed E-state index contributed by atoms with van der Waals surface area (Å²) < 4.78 is 24.4. The second-order valence-electron chi connectivity index (χ2n) is 12.4. The Labute approximate surface area is 267 Å². The monoisotopic (exact) mass is 606 g/mol. The van der Waals surface area contributed by atoms with Gasteiger partial charge >= 0.3 is 5.63 Å². The van der Waals surface area contributed by atoms with Gasteiger partial charge in [-0.3, -0.25) is 0 Å². The summed E-state index contributed by atoms with van der Waals surface area (Å²) >= 11 is 0. The molecule has 0 aliphatic heterocycles. The number of ether oxygens (including phenoxy) is 3. The van der Waals surface area contributed by atoms with Crippen LogP contribution in [0.25, 0.3) is 11.0 Å². The molecule has 2 rings (SSSR count). The number of unbranched alkanes of at least 4 members (excludes halogenated alkanes) is 7. The maximum absolute atomic E-state index is 13.1. The van der Waals surface area contributed by atoms with E-state index in [2.05, 4.69) is 72.8 Å². The molecule has 0 saturated heterocycles. The first kappa shape index (κ1) is 37.0. The molecule has 0 fully saturated rings. The highest BCUT2D eigenvalue weighted by molar-refractivity contribution is 5.91. The first-order valence-corrected chi connectivity index (χ1v) is 16.8. The van der Waals surface area contributed by atoms with Crippen molar-refractivity contribution >= 4 is 11.0 Å². The quantitative estimate of drug-likeness (QED) is 0.0758. The van der Waals surface area contributed by atoms with Crippen LogP contribution in [-0.2, 0) is 0 Å². The molecule has 0 unspecified atom stereocenters. The lowest BCUT2D eigenvalue weighted by Crippen LogP contribution is -2.12. The van der Waals surface area contributed by atoms with Crippen molar-refractivity contribution in [3.8, 4) is 17.2 Å². The minimum absolute atomic E-state index is 0.125. The summed E-state index contributed by atoms with van der Waals surface area (Å²) in [4.78, 5) is 13.1. The van der Waals surface area contributed by atoms with Gasteiger partial charge in [-0.2, -0.15) is 0 Å². The topological polar surface area (TPSA) is 57.9 Å².